The number of hydrogen-bond donors (Lipinski definition) is 1. The summed E-state index contributed by atoms with van der Waals surface area (Å²) < 4.78 is 5.15. The molecule has 96 valence electrons. The summed E-state index contributed by atoms with van der Waals surface area (Å²) in [6.07, 6.45) is 3.19. The lowest BCUT2D eigenvalue weighted by Gasteiger charge is -2.26. The zero-order valence-corrected chi connectivity index (χ0v) is 10.8. The molecule has 0 spiro atoms. The Kier molecular flexibility index (Phi) is 4.50. The quantitative estimate of drug-likeness (QED) is 0.807. The summed E-state index contributed by atoms with van der Waals surface area (Å²) in [5.41, 5.74) is 0. The largest absolute Gasteiger partial charge is 0.339 e. The van der Waals surface area contributed by atoms with E-state index in [-0.39, 0.29) is 0 Å². The number of nitrogens with one attached hydrogen (secondary N) is 1. The highest BCUT2D eigenvalue weighted by Gasteiger charge is 2.23. The summed E-state index contributed by atoms with van der Waals surface area (Å²) in [5, 5.41) is 7.44. The van der Waals surface area contributed by atoms with E-state index in [0.717, 1.165) is 50.7 Å². The lowest BCUT2D eigenvalue weighted by molar-refractivity contribution is 0.192. The van der Waals surface area contributed by atoms with Crippen molar-refractivity contribution in [2.24, 2.45) is 0 Å². The summed E-state index contributed by atoms with van der Waals surface area (Å²) in [7, 11) is 0. The third-order valence-electron chi connectivity index (χ3n) is 3.22. The Hall–Kier alpha value is -0.940. The molecule has 17 heavy (non-hydrogen) atoms. The van der Waals surface area contributed by atoms with Crippen LogP contribution in [0.25, 0.3) is 0 Å². The van der Waals surface area contributed by atoms with Crippen LogP contribution in [0.4, 0.5) is 0 Å². The van der Waals surface area contributed by atoms with Gasteiger partial charge in [-0.1, -0.05) is 19.0 Å². The van der Waals surface area contributed by atoms with E-state index < -0.39 is 0 Å². The van der Waals surface area contributed by atoms with Crippen molar-refractivity contribution in [2.75, 3.05) is 19.6 Å². The van der Waals surface area contributed by atoms with Gasteiger partial charge in [-0.15, -0.1) is 0 Å². The molecule has 0 aliphatic carbocycles. The SMILES string of the molecule is CCCN(Cc1noc(CC)n1)C1CCNC1. The van der Waals surface area contributed by atoms with Crippen LogP contribution < -0.4 is 5.32 Å². The minimum atomic E-state index is 0.624. The van der Waals surface area contributed by atoms with Gasteiger partial charge in [0.1, 0.15) is 0 Å². The molecule has 1 unspecified atom stereocenters. The molecule has 0 amide bonds. The maximum absolute atomic E-state index is 5.15. The van der Waals surface area contributed by atoms with Gasteiger partial charge in [0.05, 0.1) is 6.54 Å². The van der Waals surface area contributed by atoms with Gasteiger partial charge in [-0.2, -0.15) is 4.98 Å². The van der Waals surface area contributed by atoms with Crippen molar-refractivity contribution in [3.05, 3.63) is 11.7 Å². The lowest BCUT2D eigenvalue weighted by Crippen LogP contribution is -2.37. The molecule has 0 saturated carbocycles. The third-order valence-corrected chi connectivity index (χ3v) is 3.22. The molecule has 5 heteroatoms. The second-order valence-corrected chi connectivity index (χ2v) is 4.57. The van der Waals surface area contributed by atoms with Gasteiger partial charge in [0.2, 0.25) is 5.89 Å². The van der Waals surface area contributed by atoms with E-state index in [4.69, 9.17) is 4.52 Å². The summed E-state index contributed by atoms with van der Waals surface area (Å²) in [6, 6.07) is 0.624. The monoisotopic (exact) mass is 238 g/mol. The van der Waals surface area contributed by atoms with Crippen LogP contribution in [-0.4, -0.2) is 40.7 Å². The van der Waals surface area contributed by atoms with Crippen molar-refractivity contribution in [1.29, 1.82) is 0 Å². The van der Waals surface area contributed by atoms with Gasteiger partial charge in [0.25, 0.3) is 0 Å². The van der Waals surface area contributed by atoms with E-state index in [1.165, 1.54) is 6.42 Å². The van der Waals surface area contributed by atoms with Gasteiger partial charge in [-0.3, -0.25) is 4.90 Å². The highest BCUT2D eigenvalue weighted by Crippen LogP contribution is 2.12. The van der Waals surface area contributed by atoms with Crippen LogP contribution in [0.5, 0.6) is 0 Å². The van der Waals surface area contributed by atoms with E-state index in [1.54, 1.807) is 0 Å². The highest BCUT2D eigenvalue weighted by atomic mass is 16.5. The number of aromatic nitrogens is 2. The van der Waals surface area contributed by atoms with Gasteiger partial charge < -0.3 is 9.84 Å². The van der Waals surface area contributed by atoms with Gasteiger partial charge >= 0.3 is 0 Å². The van der Waals surface area contributed by atoms with Crippen molar-refractivity contribution >= 4 is 0 Å². The maximum atomic E-state index is 5.15. The van der Waals surface area contributed by atoms with Gasteiger partial charge in [0, 0.05) is 19.0 Å². The Morgan fingerprint density at radius 1 is 1.47 bits per heavy atom. The molecule has 1 saturated heterocycles. The molecule has 1 aromatic heterocycles. The standard InChI is InChI=1S/C12H22N4O/c1-3-7-16(10-5-6-13-8-10)9-11-14-12(4-2)17-15-11/h10,13H,3-9H2,1-2H3. The first-order valence-corrected chi connectivity index (χ1v) is 6.59. The average molecular weight is 238 g/mol. The fourth-order valence-electron chi connectivity index (χ4n) is 2.31. The van der Waals surface area contributed by atoms with Crippen LogP contribution in [0.2, 0.25) is 0 Å². The van der Waals surface area contributed by atoms with Gasteiger partial charge in [0.15, 0.2) is 5.82 Å². The fraction of sp³-hybridized carbons (Fsp3) is 0.833. The van der Waals surface area contributed by atoms with E-state index >= 15 is 0 Å². The van der Waals surface area contributed by atoms with Crippen LogP contribution >= 0.6 is 0 Å². The molecule has 1 atom stereocenters. The van der Waals surface area contributed by atoms with Crippen molar-refractivity contribution in [1.82, 2.24) is 20.4 Å². The molecule has 1 fully saturated rings. The molecule has 2 heterocycles. The number of rotatable bonds is 6. The summed E-state index contributed by atoms with van der Waals surface area (Å²) in [5.74, 6) is 1.56. The van der Waals surface area contributed by atoms with Crippen molar-refractivity contribution in [3.8, 4) is 0 Å². The molecule has 1 aliphatic rings. The Morgan fingerprint density at radius 2 is 2.35 bits per heavy atom. The normalized spacial score (nSPS) is 20.3. The molecule has 1 N–H and O–H groups in total. The Bertz CT molecular complexity index is 333. The molecule has 2 rings (SSSR count). The summed E-state index contributed by atoms with van der Waals surface area (Å²) >= 11 is 0. The molecular formula is C12H22N4O. The molecule has 1 aromatic rings. The minimum absolute atomic E-state index is 0.624. The number of aryl methyl sites for hydroxylation is 1. The van der Waals surface area contributed by atoms with Crippen molar-refractivity contribution in [3.63, 3.8) is 0 Å². The Labute approximate surface area is 103 Å². The molecule has 1 aliphatic heterocycles. The smallest absolute Gasteiger partial charge is 0.226 e. The Balaban J connectivity index is 1.96. The second kappa shape index (κ2) is 6.12. The van der Waals surface area contributed by atoms with Crippen LogP contribution in [-0.2, 0) is 13.0 Å². The van der Waals surface area contributed by atoms with Crippen molar-refractivity contribution < 1.29 is 4.52 Å². The molecule has 0 aromatic carbocycles. The molecule has 5 nitrogen and oxygen atoms in total. The topological polar surface area (TPSA) is 54.2 Å². The first kappa shape index (κ1) is 12.5. The fourth-order valence-corrected chi connectivity index (χ4v) is 2.31. The average Bonchev–Trinajstić information content (AvgIpc) is 2.99. The van der Waals surface area contributed by atoms with Gasteiger partial charge in [-0.25, -0.2) is 0 Å². The van der Waals surface area contributed by atoms with Crippen LogP contribution in [0, 0.1) is 0 Å². The van der Waals surface area contributed by atoms with Gasteiger partial charge in [-0.05, 0) is 25.9 Å². The first-order valence-electron chi connectivity index (χ1n) is 6.59. The van der Waals surface area contributed by atoms with E-state index in [2.05, 4.69) is 27.3 Å². The molecule has 0 bridgehead atoms. The predicted octanol–water partition coefficient (Wildman–Crippen LogP) is 1.21. The zero-order chi connectivity index (χ0) is 12.1. The van der Waals surface area contributed by atoms with Crippen LogP contribution in [0.1, 0.15) is 38.4 Å². The van der Waals surface area contributed by atoms with E-state index in [0.29, 0.717) is 6.04 Å². The first-order chi connectivity index (χ1) is 8.33. The minimum Gasteiger partial charge on any atom is -0.339 e. The summed E-state index contributed by atoms with van der Waals surface area (Å²) in [6.45, 7) is 8.35. The molecular weight excluding hydrogens is 216 g/mol. The Morgan fingerprint density at radius 3 is 2.94 bits per heavy atom. The number of hydrogen-bond acceptors (Lipinski definition) is 5. The third kappa shape index (κ3) is 3.26. The zero-order valence-electron chi connectivity index (χ0n) is 10.8. The maximum Gasteiger partial charge on any atom is 0.226 e. The predicted molar refractivity (Wildman–Crippen MR) is 65.7 cm³/mol. The summed E-state index contributed by atoms with van der Waals surface area (Å²) in [4.78, 5) is 6.84. The van der Waals surface area contributed by atoms with Crippen LogP contribution in [0.3, 0.4) is 0 Å². The van der Waals surface area contributed by atoms with Crippen LogP contribution in [0.15, 0.2) is 4.52 Å². The molecule has 0 radical (unpaired) electrons. The second-order valence-electron chi connectivity index (χ2n) is 4.57. The lowest BCUT2D eigenvalue weighted by atomic mass is 10.2. The van der Waals surface area contributed by atoms with E-state index in [9.17, 15) is 0 Å². The highest BCUT2D eigenvalue weighted by molar-refractivity contribution is 4.89. The van der Waals surface area contributed by atoms with Crippen molar-refractivity contribution in [2.45, 2.75) is 45.7 Å². The van der Waals surface area contributed by atoms with E-state index in [1.807, 2.05) is 6.92 Å². The number of nitrogens with zero attached hydrogens (tertiary/aromatic N) is 3.